The average Bonchev–Trinajstić information content (AvgIpc) is 2.88. The molecule has 1 atom stereocenters. The Morgan fingerprint density at radius 1 is 0.838 bits per heavy atom. The third-order valence-electron chi connectivity index (χ3n) is 6.17. The fraction of sp³-hybridized carbons (Fsp3) is 0.517. The lowest BCUT2D eigenvalue weighted by Gasteiger charge is -2.33. The van der Waals surface area contributed by atoms with E-state index in [1.807, 2.05) is 25.2 Å². The van der Waals surface area contributed by atoms with Crippen molar-refractivity contribution in [3.8, 4) is 17.2 Å². The van der Waals surface area contributed by atoms with E-state index in [4.69, 9.17) is 23.7 Å². The van der Waals surface area contributed by atoms with Crippen LogP contribution < -0.4 is 14.2 Å². The number of nitrogens with zero attached hydrogens (tertiary/aromatic N) is 1. The van der Waals surface area contributed by atoms with Gasteiger partial charge in [0, 0.05) is 6.54 Å². The summed E-state index contributed by atoms with van der Waals surface area (Å²) in [6.45, 7) is 6.78. The van der Waals surface area contributed by atoms with E-state index in [-0.39, 0.29) is 6.42 Å². The molecule has 0 aliphatic carbocycles. The molecule has 0 bridgehead atoms. The van der Waals surface area contributed by atoms with Gasteiger partial charge in [-0.3, -0.25) is 9.59 Å². The van der Waals surface area contributed by atoms with Gasteiger partial charge < -0.3 is 28.6 Å². The second kappa shape index (κ2) is 13.3. The average molecular weight is 516 g/mol. The molecular formula is C29H41NO7. The summed E-state index contributed by atoms with van der Waals surface area (Å²) in [5.74, 6) is 0.650. The topological polar surface area (TPSA) is 83.5 Å². The van der Waals surface area contributed by atoms with Crippen LogP contribution in [0.1, 0.15) is 44.7 Å². The highest BCUT2D eigenvalue weighted by atomic mass is 16.6. The van der Waals surface area contributed by atoms with E-state index in [9.17, 15) is 9.59 Å². The molecule has 0 fully saturated rings. The third kappa shape index (κ3) is 7.86. The van der Waals surface area contributed by atoms with Crippen LogP contribution in [0.25, 0.3) is 0 Å². The predicted octanol–water partition coefficient (Wildman–Crippen LogP) is 4.42. The Balaban J connectivity index is 2.21. The molecule has 0 radical (unpaired) electrons. The van der Waals surface area contributed by atoms with Crippen molar-refractivity contribution in [2.75, 3.05) is 48.6 Å². The first-order valence-electron chi connectivity index (χ1n) is 12.4. The fourth-order valence-corrected chi connectivity index (χ4v) is 4.18. The summed E-state index contributed by atoms with van der Waals surface area (Å²) in [6, 6.07) is 12.8. The molecule has 8 nitrogen and oxygen atoms in total. The summed E-state index contributed by atoms with van der Waals surface area (Å²) in [5.41, 5.74) is -0.772. The Kier molecular flexibility index (Phi) is 10.8. The molecule has 1 unspecified atom stereocenters. The number of hydrogen-bond acceptors (Lipinski definition) is 8. The van der Waals surface area contributed by atoms with Crippen LogP contribution in [0.3, 0.4) is 0 Å². The Morgan fingerprint density at radius 2 is 1.54 bits per heavy atom. The van der Waals surface area contributed by atoms with E-state index in [1.165, 1.54) is 7.11 Å². The van der Waals surface area contributed by atoms with Crippen molar-refractivity contribution in [3.05, 3.63) is 53.6 Å². The normalized spacial score (nSPS) is 13.0. The Hall–Kier alpha value is -3.26. The molecular weight excluding hydrogens is 474 g/mol. The lowest BCUT2D eigenvalue weighted by Crippen LogP contribution is -2.48. The maximum atomic E-state index is 13.6. The van der Waals surface area contributed by atoms with Crippen molar-refractivity contribution in [2.45, 2.75) is 51.0 Å². The number of rotatable bonds is 13. The maximum Gasteiger partial charge on any atom is 0.328 e. The van der Waals surface area contributed by atoms with Crippen molar-refractivity contribution >= 4 is 11.9 Å². The van der Waals surface area contributed by atoms with Crippen LogP contribution in [0.5, 0.6) is 17.2 Å². The van der Waals surface area contributed by atoms with Crippen molar-refractivity contribution in [1.29, 1.82) is 0 Å². The van der Waals surface area contributed by atoms with Crippen molar-refractivity contribution in [1.82, 2.24) is 4.90 Å². The molecule has 8 heteroatoms. The number of esters is 2. The van der Waals surface area contributed by atoms with Crippen molar-refractivity contribution in [3.63, 3.8) is 0 Å². The van der Waals surface area contributed by atoms with Gasteiger partial charge in [0.25, 0.3) is 0 Å². The van der Waals surface area contributed by atoms with E-state index in [1.54, 1.807) is 66.4 Å². The Bertz CT molecular complexity index is 1050. The summed E-state index contributed by atoms with van der Waals surface area (Å²) >= 11 is 0. The van der Waals surface area contributed by atoms with Gasteiger partial charge in [-0.1, -0.05) is 18.2 Å². The van der Waals surface area contributed by atoms with Gasteiger partial charge in [-0.2, -0.15) is 0 Å². The van der Waals surface area contributed by atoms with Crippen LogP contribution >= 0.6 is 0 Å². The predicted molar refractivity (Wildman–Crippen MR) is 143 cm³/mol. The molecule has 0 aromatic heterocycles. The summed E-state index contributed by atoms with van der Waals surface area (Å²) in [4.78, 5) is 29.0. The second-order valence-corrected chi connectivity index (χ2v) is 9.98. The zero-order valence-electron chi connectivity index (χ0n) is 23.4. The number of ether oxygens (including phenoxy) is 5. The number of carbonyl (C=O) groups is 2. The highest BCUT2D eigenvalue weighted by molar-refractivity contribution is 6.06. The quantitative estimate of drug-likeness (QED) is 0.286. The smallest absolute Gasteiger partial charge is 0.328 e. The molecule has 2 aromatic carbocycles. The van der Waals surface area contributed by atoms with E-state index in [0.29, 0.717) is 35.8 Å². The number of benzene rings is 2. The number of methoxy groups -OCH3 is 4. The highest BCUT2D eigenvalue weighted by Gasteiger charge is 2.51. The molecule has 0 saturated carbocycles. The van der Waals surface area contributed by atoms with Gasteiger partial charge in [-0.05, 0) is 89.0 Å². The number of likely N-dealkylation sites (N-methyl/N-ethyl adjacent to an activating group) is 1. The molecule has 2 rings (SSSR count). The minimum absolute atomic E-state index is 0.225. The molecule has 37 heavy (non-hydrogen) atoms. The Labute approximate surface area is 220 Å². The second-order valence-electron chi connectivity index (χ2n) is 9.98. The van der Waals surface area contributed by atoms with E-state index >= 15 is 0 Å². The summed E-state index contributed by atoms with van der Waals surface area (Å²) < 4.78 is 27.0. The molecule has 0 spiro atoms. The highest BCUT2D eigenvalue weighted by Crippen LogP contribution is 2.36. The first kappa shape index (κ1) is 30.0. The summed E-state index contributed by atoms with van der Waals surface area (Å²) in [6.07, 6.45) is 1.59. The third-order valence-corrected chi connectivity index (χ3v) is 6.17. The zero-order chi connectivity index (χ0) is 27.6. The van der Waals surface area contributed by atoms with Gasteiger partial charge in [0.15, 0.2) is 16.9 Å². The standard InChI is InChI=1S/C29H41NO7/c1-28(2,3)37-27(32)29(26(31)36-8,22-11-9-12-23(20-22)33-5)16-10-17-30(4)18-15-21-13-14-24(34-6)25(19-21)35-7/h9,11-14,19-20H,10,15-18H2,1-8H3. The zero-order valence-corrected chi connectivity index (χ0v) is 23.4. The van der Waals surface area contributed by atoms with Crippen molar-refractivity contribution in [2.24, 2.45) is 0 Å². The molecule has 0 heterocycles. The lowest BCUT2D eigenvalue weighted by molar-refractivity contribution is -0.172. The van der Waals surface area contributed by atoms with Crippen LogP contribution in [0.2, 0.25) is 0 Å². The van der Waals surface area contributed by atoms with Crippen LogP contribution in [0.4, 0.5) is 0 Å². The van der Waals surface area contributed by atoms with Gasteiger partial charge in [-0.15, -0.1) is 0 Å². The minimum Gasteiger partial charge on any atom is -0.497 e. The first-order chi connectivity index (χ1) is 17.5. The van der Waals surface area contributed by atoms with Gasteiger partial charge >= 0.3 is 11.9 Å². The number of hydrogen-bond donors (Lipinski definition) is 0. The Morgan fingerprint density at radius 3 is 2.14 bits per heavy atom. The SMILES string of the molecule is COC(=O)C(CCCN(C)CCc1ccc(OC)c(OC)c1)(C(=O)OC(C)(C)C)c1cccc(OC)c1. The minimum atomic E-state index is -1.61. The largest absolute Gasteiger partial charge is 0.497 e. The molecule has 0 aliphatic heterocycles. The van der Waals surface area contributed by atoms with Crippen LogP contribution in [0.15, 0.2) is 42.5 Å². The van der Waals surface area contributed by atoms with E-state index < -0.39 is 23.0 Å². The lowest BCUT2D eigenvalue weighted by atomic mass is 9.76. The van der Waals surface area contributed by atoms with E-state index in [0.717, 1.165) is 18.5 Å². The van der Waals surface area contributed by atoms with Crippen LogP contribution in [-0.4, -0.2) is 71.0 Å². The van der Waals surface area contributed by atoms with Crippen LogP contribution in [-0.2, 0) is 30.9 Å². The van der Waals surface area contributed by atoms with Crippen LogP contribution in [0, 0.1) is 0 Å². The first-order valence-corrected chi connectivity index (χ1v) is 12.4. The van der Waals surface area contributed by atoms with Gasteiger partial charge in [-0.25, -0.2) is 0 Å². The van der Waals surface area contributed by atoms with Gasteiger partial charge in [0.1, 0.15) is 11.4 Å². The molecule has 0 N–H and O–H groups in total. The van der Waals surface area contributed by atoms with E-state index in [2.05, 4.69) is 4.90 Å². The fourth-order valence-electron chi connectivity index (χ4n) is 4.18. The summed E-state index contributed by atoms with van der Waals surface area (Å²) in [7, 11) is 8.08. The van der Waals surface area contributed by atoms with Gasteiger partial charge in [0.2, 0.25) is 0 Å². The van der Waals surface area contributed by atoms with Crippen molar-refractivity contribution < 1.29 is 33.3 Å². The molecule has 0 aliphatic rings. The monoisotopic (exact) mass is 515 g/mol. The maximum absolute atomic E-state index is 13.6. The van der Waals surface area contributed by atoms with Gasteiger partial charge in [0.05, 0.1) is 28.4 Å². The molecule has 204 valence electrons. The molecule has 2 aromatic rings. The number of carbonyl (C=O) groups excluding carboxylic acids is 2. The molecule has 0 saturated heterocycles. The molecule has 0 amide bonds. The summed E-state index contributed by atoms with van der Waals surface area (Å²) in [5, 5.41) is 0.